The van der Waals surface area contributed by atoms with Gasteiger partial charge in [0.15, 0.2) is 0 Å². The van der Waals surface area contributed by atoms with Gasteiger partial charge in [0.1, 0.15) is 11.5 Å². The molecule has 2 heterocycles. The normalized spacial score (nSPS) is 17.8. The summed E-state index contributed by atoms with van der Waals surface area (Å²) in [5.74, 6) is 2.53. The van der Waals surface area contributed by atoms with Crippen molar-refractivity contribution in [3.8, 4) is 11.5 Å². The molecule has 0 unspecified atom stereocenters. The van der Waals surface area contributed by atoms with Gasteiger partial charge >= 0.3 is 0 Å². The Kier molecular flexibility index (Phi) is 8.72. The number of nitrogens with zero attached hydrogens (tertiary/aromatic N) is 2. The van der Waals surface area contributed by atoms with Crippen LogP contribution >= 0.6 is 0 Å². The third-order valence-corrected chi connectivity index (χ3v) is 7.45. The Balaban J connectivity index is 1.28. The van der Waals surface area contributed by atoms with E-state index < -0.39 is 0 Å². The van der Waals surface area contributed by atoms with E-state index in [9.17, 15) is 4.79 Å². The minimum absolute atomic E-state index is 0.153. The van der Waals surface area contributed by atoms with Crippen LogP contribution < -0.4 is 9.47 Å². The minimum Gasteiger partial charge on any atom is -0.494 e. The highest BCUT2D eigenvalue weighted by atomic mass is 16.5. The largest absolute Gasteiger partial charge is 0.494 e. The van der Waals surface area contributed by atoms with Crippen LogP contribution in [0.25, 0.3) is 0 Å². The zero-order valence-corrected chi connectivity index (χ0v) is 21.8. The Bertz CT molecular complexity index is 948. The first-order valence-electron chi connectivity index (χ1n) is 13.4. The number of hydrogen-bond donors (Lipinski definition) is 0. The zero-order chi connectivity index (χ0) is 24.7. The van der Waals surface area contributed by atoms with E-state index in [1.54, 1.807) is 0 Å². The first-order valence-corrected chi connectivity index (χ1v) is 13.4. The van der Waals surface area contributed by atoms with Crippen molar-refractivity contribution in [2.45, 2.75) is 59.4 Å². The number of likely N-dealkylation sites (tertiary alicyclic amines) is 2. The van der Waals surface area contributed by atoms with Crippen LogP contribution in [0.3, 0.4) is 0 Å². The monoisotopic (exact) mass is 478 g/mol. The van der Waals surface area contributed by atoms with Crippen molar-refractivity contribution in [3.05, 3.63) is 59.7 Å². The maximum atomic E-state index is 13.2. The molecule has 5 heteroatoms. The lowest BCUT2D eigenvalue weighted by atomic mass is 9.77. The third-order valence-electron chi connectivity index (χ3n) is 7.45. The number of piperidine rings is 1. The Labute approximate surface area is 211 Å². The van der Waals surface area contributed by atoms with Crippen molar-refractivity contribution in [3.63, 3.8) is 0 Å². The molecule has 0 saturated carbocycles. The summed E-state index contributed by atoms with van der Waals surface area (Å²) in [5, 5.41) is 0. The molecule has 1 amide bonds. The quantitative estimate of drug-likeness (QED) is 0.391. The fourth-order valence-electron chi connectivity index (χ4n) is 5.19. The Hall–Kier alpha value is -2.53. The number of carbonyl (C=O) groups is 1. The van der Waals surface area contributed by atoms with Gasteiger partial charge in [-0.25, -0.2) is 0 Å². The highest BCUT2D eigenvalue weighted by molar-refractivity contribution is 5.94. The zero-order valence-electron chi connectivity index (χ0n) is 21.8. The van der Waals surface area contributed by atoms with Crippen molar-refractivity contribution < 1.29 is 14.3 Å². The van der Waals surface area contributed by atoms with Crippen LogP contribution in [-0.4, -0.2) is 55.1 Å². The summed E-state index contributed by atoms with van der Waals surface area (Å²) in [5.41, 5.74) is 2.30. The molecule has 2 aliphatic heterocycles. The number of unbranched alkanes of at least 4 members (excludes halogenated alkanes) is 1. The summed E-state index contributed by atoms with van der Waals surface area (Å²) in [6.45, 7) is 12.8. The SMILES string of the molecule is CCCCOc1ccc(C(=O)N2CCC3(CCN(Cc4ccccc4OCC(C)C)CC3)C2)cc1. The van der Waals surface area contributed by atoms with Gasteiger partial charge in [-0.2, -0.15) is 0 Å². The molecule has 2 aliphatic rings. The first-order chi connectivity index (χ1) is 17.0. The molecular weight excluding hydrogens is 436 g/mol. The lowest BCUT2D eigenvalue weighted by Gasteiger charge is -2.39. The maximum Gasteiger partial charge on any atom is 0.253 e. The van der Waals surface area contributed by atoms with E-state index in [-0.39, 0.29) is 11.3 Å². The molecule has 5 nitrogen and oxygen atoms in total. The molecule has 0 bridgehead atoms. The van der Waals surface area contributed by atoms with Gasteiger partial charge in [0.2, 0.25) is 0 Å². The number of amides is 1. The molecule has 4 rings (SSSR count). The molecular formula is C30H42N2O3. The van der Waals surface area contributed by atoms with Crippen LogP contribution in [0.5, 0.6) is 11.5 Å². The van der Waals surface area contributed by atoms with E-state index in [0.717, 1.165) is 95.1 Å². The predicted octanol–water partition coefficient (Wildman–Crippen LogP) is 6.03. The number of benzene rings is 2. The second-order valence-electron chi connectivity index (χ2n) is 10.8. The van der Waals surface area contributed by atoms with Gasteiger partial charge in [-0.15, -0.1) is 0 Å². The number of carbonyl (C=O) groups excluding carboxylic acids is 1. The van der Waals surface area contributed by atoms with E-state index in [1.165, 1.54) is 5.56 Å². The van der Waals surface area contributed by atoms with Crippen LogP contribution in [0.2, 0.25) is 0 Å². The molecule has 2 saturated heterocycles. The van der Waals surface area contributed by atoms with Crippen LogP contribution in [0, 0.1) is 11.3 Å². The smallest absolute Gasteiger partial charge is 0.253 e. The second-order valence-corrected chi connectivity index (χ2v) is 10.8. The van der Waals surface area contributed by atoms with Gasteiger partial charge < -0.3 is 14.4 Å². The number of ether oxygens (including phenoxy) is 2. The van der Waals surface area contributed by atoms with Gasteiger partial charge in [-0.3, -0.25) is 9.69 Å². The number of hydrogen-bond acceptors (Lipinski definition) is 4. The average Bonchev–Trinajstić information content (AvgIpc) is 3.29. The van der Waals surface area contributed by atoms with Crippen LogP contribution in [-0.2, 0) is 6.54 Å². The Morgan fingerprint density at radius 2 is 1.69 bits per heavy atom. The molecule has 0 aromatic heterocycles. The lowest BCUT2D eigenvalue weighted by molar-refractivity contribution is 0.0712. The maximum absolute atomic E-state index is 13.2. The molecule has 0 radical (unpaired) electrons. The molecule has 1 spiro atoms. The fraction of sp³-hybridized carbons (Fsp3) is 0.567. The van der Waals surface area contributed by atoms with Crippen LogP contribution in [0.1, 0.15) is 68.8 Å². The molecule has 35 heavy (non-hydrogen) atoms. The Morgan fingerprint density at radius 1 is 0.971 bits per heavy atom. The highest BCUT2D eigenvalue weighted by Gasteiger charge is 2.42. The molecule has 0 atom stereocenters. The minimum atomic E-state index is 0.153. The number of rotatable bonds is 10. The summed E-state index contributed by atoms with van der Waals surface area (Å²) in [7, 11) is 0. The van der Waals surface area contributed by atoms with E-state index in [2.05, 4.69) is 54.8 Å². The highest BCUT2D eigenvalue weighted by Crippen LogP contribution is 2.41. The van der Waals surface area contributed by atoms with Gasteiger partial charge in [0.05, 0.1) is 13.2 Å². The topological polar surface area (TPSA) is 42.0 Å². The molecule has 0 aliphatic carbocycles. The summed E-state index contributed by atoms with van der Waals surface area (Å²) in [4.78, 5) is 17.8. The second kappa shape index (κ2) is 11.9. The third kappa shape index (κ3) is 6.78. The summed E-state index contributed by atoms with van der Waals surface area (Å²) in [6.07, 6.45) is 5.57. The van der Waals surface area contributed by atoms with Crippen molar-refractivity contribution in [1.82, 2.24) is 9.80 Å². The van der Waals surface area contributed by atoms with Crippen LogP contribution in [0.15, 0.2) is 48.5 Å². The molecule has 2 aromatic rings. The molecule has 190 valence electrons. The van der Waals surface area contributed by atoms with Crippen molar-refractivity contribution in [1.29, 1.82) is 0 Å². The lowest BCUT2D eigenvalue weighted by Crippen LogP contribution is -2.42. The Morgan fingerprint density at radius 3 is 2.40 bits per heavy atom. The molecule has 0 N–H and O–H groups in total. The van der Waals surface area contributed by atoms with Crippen molar-refractivity contribution in [2.75, 3.05) is 39.4 Å². The van der Waals surface area contributed by atoms with E-state index >= 15 is 0 Å². The van der Waals surface area contributed by atoms with E-state index in [1.807, 2.05) is 24.3 Å². The summed E-state index contributed by atoms with van der Waals surface area (Å²) >= 11 is 0. The van der Waals surface area contributed by atoms with Crippen molar-refractivity contribution in [2.24, 2.45) is 11.3 Å². The summed E-state index contributed by atoms with van der Waals surface area (Å²) < 4.78 is 11.8. The average molecular weight is 479 g/mol. The predicted molar refractivity (Wildman–Crippen MR) is 141 cm³/mol. The van der Waals surface area contributed by atoms with E-state index in [0.29, 0.717) is 5.92 Å². The standard InChI is InChI=1S/C30H42N2O3/c1-4-5-20-34-27-12-10-25(11-13-27)29(33)32-19-16-30(23-32)14-17-31(18-15-30)21-26-8-6-7-9-28(26)35-22-24(2)3/h6-13,24H,4-5,14-23H2,1-3H3. The van der Waals surface area contributed by atoms with Gasteiger partial charge in [-0.1, -0.05) is 45.4 Å². The number of para-hydroxylation sites is 1. The van der Waals surface area contributed by atoms with E-state index in [4.69, 9.17) is 9.47 Å². The van der Waals surface area contributed by atoms with Gasteiger partial charge in [-0.05, 0) is 80.4 Å². The van der Waals surface area contributed by atoms with Gasteiger partial charge in [0, 0.05) is 30.8 Å². The summed E-state index contributed by atoms with van der Waals surface area (Å²) in [6, 6.07) is 16.1. The molecule has 2 fully saturated rings. The first kappa shape index (κ1) is 25.6. The van der Waals surface area contributed by atoms with Crippen molar-refractivity contribution >= 4 is 5.91 Å². The fourth-order valence-corrected chi connectivity index (χ4v) is 5.19. The van der Waals surface area contributed by atoms with Gasteiger partial charge in [0.25, 0.3) is 5.91 Å². The molecule has 2 aromatic carbocycles. The van der Waals surface area contributed by atoms with Crippen LogP contribution in [0.4, 0.5) is 0 Å².